The predicted molar refractivity (Wildman–Crippen MR) is 59.4 cm³/mol. The molecule has 14 heavy (non-hydrogen) atoms. The van der Waals surface area contributed by atoms with Gasteiger partial charge in [0.25, 0.3) is 0 Å². The average Bonchev–Trinajstić information content (AvgIpc) is 2.04. The predicted octanol–water partition coefficient (Wildman–Crippen LogP) is 4.39. The van der Waals surface area contributed by atoms with Gasteiger partial charge in [0.2, 0.25) is 0 Å². The van der Waals surface area contributed by atoms with E-state index < -0.39 is 19.6 Å². The van der Waals surface area contributed by atoms with E-state index in [9.17, 15) is 0 Å². The molecule has 92 valence electrons. The van der Waals surface area contributed by atoms with Gasteiger partial charge in [-0.25, -0.2) is 0 Å². The van der Waals surface area contributed by atoms with Gasteiger partial charge in [-0.1, -0.05) is 0 Å². The molecule has 0 fully saturated rings. The van der Waals surface area contributed by atoms with Gasteiger partial charge in [-0.15, -0.1) is 0 Å². The third-order valence-corrected chi connectivity index (χ3v) is 2.11. The second kappa shape index (κ2) is 14.7. The molecular weight excluding hydrogens is 316 g/mol. The van der Waals surface area contributed by atoms with Crippen LogP contribution in [-0.4, -0.2) is 19.8 Å². The summed E-state index contributed by atoms with van der Waals surface area (Å²) in [5.41, 5.74) is 0. The van der Waals surface area contributed by atoms with E-state index in [1.54, 1.807) is 0 Å². The van der Waals surface area contributed by atoms with Crippen LogP contribution in [0.4, 0.5) is 0 Å². The fourth-order valence-corrected chi connectivity index (χ4v) is 1.28. The molecule has 0 aromatic carbocycles. The Bertz CT molecular complexity index is 95.3. The second-order valence-corrected chi connectivity index (χ2v) is 8.00. The van der Waals surface area contributed by atoms with Crippen molar-refractivity contribution < 1.29 is 24.5 Å². The zero-order valence-electron chi connectivity index (χ0n) is 8.26. The zero-order valence-corrected chi connectivity index (χ0v) is 12.5. The van der Waals surface area contributed by atoms with Crippen molar-refractivity contribution in [3.05, 3.63) is 0 Å². The molecule has 0 saturated heterocycles. The minimum absolute atomic E-state index is 0.645. The summed E-state index contributed by atoms with van der Waals surface area (Å²) >= 11 is 0. The Morgan fingerprint density at radius 3 is 1.21 bits per heavy atom. The third kappa shape index (κ3) is 19.3. The molecule has 0 saturated carbocycles. The van der Waals surface area contributed by atoms with E-state index in [-0.39, 0.29) is 0 Å². The summed E-state index contributed by atoms with van der Waals surface area (Å²) in [5, 5.41) is 0. The van der Waals surface area contributed by atoms with Crippen molar-refractivity contribution in [1.82, 2.24) is 0 Å². The molecule has 0 aromatic heterocycles. The Balaban J connectivity index is 0. The molecule has 8 heteroatoms. The Morgan fingerprint density at radius 2 is 1.07 bits per heavy atom. The first-order chi connectivity index (χ1) is 6.58. The van der Waals surface area contributed by atoms with Crippen LogP contribution in [0.5, 0.6) is 0 Å². The van der Waals surface area contributed by atoms with Crippen LogP contribution in [0.25, 0.3) is 0 Å². The van der Waals surface area contributed by atoms with Gasteiger partial charge in [-0.05, 0) is 20.8 Å². The normalized spacial score (nSPS) is 10.9. The van der Waals surface area contributed by atoms with Gasteiger partial charge in [-0.2, -0.15) is 0 Å². The average molecular weight is 331 g/mol. The van der Waals surface area contributed by atoms with Gasteiger partial charge in [-0.3, -0.25) is 0 Å². The van der Waals surface area contributed by atoms with Crippen molar-refractivity contribution in [1.29, 1.82) is 0 Å². The fourth-order valence-electron chi connectivity index (χ4n) is 0.428. The maximum absolute atomic E-state index is 5.14. The van der Waals surface area contributed by atoms with E-state index in [2.05, 4.69) is 0 Å². The van der Waals surface area contributed by atoms with E-state index >= 15 is 0 Å². The molecule has 0 aliphatic rings. The van der Waals surface area contributed by atoms with Crippen LogP contribution in [0.3, 0.4) is 0 Å². The van der Waals surface area contributed by atoms with Crippen LogP contribution in [-0.2, 0) is 24.5 Å². The molecule has 0 atom stereocenters. The van der Waals surface area contributed by atoms with Crippen molar-refractivity contribution in [2.45, 2.75) is 20.8 Å². The molecule has 0 bridgehead atoms. The molecule has 3 nitrogen and oxygen atoms in total. The topological polar surface area (TPSA) is 27.7 Å². The zero-order chi connectivity index (χ0) is 11.4. The van der Waals surface area contributed by atoms with Gasteiger partial charge < -0.3 is 13.6 Å². The summed E-state index contributed by atoms with van der Waals surface area (Å²) in [6.07, 6.45) is 0. The molecule has 0 aromatic rings. The third-order valence-electron chi connectivity index (χ3n) is 0.704. The van der Waals surface area contributed by atoms with Crippen LogP contribution < -0.4 is 0 Å². The molecule has 0 amide bonds. The van der Waals surface area contributed by atoms with Crippen LogP contribution in [0.2, 0.25) is 0 Å². The van der Waals surface area contributed by atoms with Crippen molar-refractivity contribution in [2.24, 2.45) is 0 Å². The number of rotatable bonds is 6. The summed E-state index contributed by atoms with van der Waals surface area (Å²) in [6, 6.07) is 0. The molecule has 0 aliphatic carbocycles. The fraction of sp³-hybridized carbons (Fsp3) is 1.00. The maximum atomic E-state index is 5.14. The molecule has 0 N–H and O–H groups in total. The minimum atomic E-state index is -1.19. The standard InChI is InChI=1S/C6H15O3P.3ClH.Co/c1-4-7-10(8-5-2)9-6-3;;;;/h4-6H2,1-3H3;3*1H;/q;;;;+3/p-3. The molecule has 0 rings (SSSR count). The summed E-state index contributed by atoms with van der Waals surface area (Å²) < 4.78 is 15.4. The van der Waals surface area contributed by atoms with E-state index in [0.29, 0.717) is 19.8 Å². The quantitative estimate of drug-likeness (QED) is 0.676. The van der Waals surface area contributed by atoms with Gasteiger partial charge in [0.15, 0.2) is 0 Å². The van der Waals surface area contributed by atoms with Crippen LogP contribution in [0.1, 0.15) is 20.8 Å². The first-order valence-electron chi connectivity index (χ1n) is 3.91. The Hall–Kier alpha value is 1.69. The van der Waals surface area contributed by atoms with Gasteiger partial charge in [0.05, 0.1) is 19.8 Å². The molecule has 0 unspecified atom stereocenters. The van der Waals surface area contributed by atoms with Crippen molar-refractivity contribution in [3.63, 3.8) is 0 Å². The SMILES string of the molecule is CCOP(OCC)OCC.[Cl][Co]([Cl])[Cl]. The summed E-state index contributed by atoms with van der Waals surface area (Å²) in [7, 11) is 12.4. The van der Waals surface area contributed by atoms with Gasteiger partial charge in [0, 0.05) is 0 Å². The first-order valence-corrected chi connectivity index (χ1v) is 9.31. The van der Waals surface area contributed by atoms with E-state index in [1.165, 1.54) is 0 Å². The molecule has 0 heterocycles. The Kier molecular flexibility index (Phi) is 18.9. The first kappa shape index (κ1) is 18.1. The summed E-state index contributed by atoms with van der Waals surface area (Å²) in [6.45, 7) is 7.71. The van der Waals surface area contributed by atoms with Crippen molar-refractivity contribution in [2.75, 3.05) is 19.8 Å². The van der Waals surface area contributed by atoms with E-state index in [0.717, 1.165) is 0 Å². The monoisotopic (exact) mass is 330 g/mol. The number of hydrogen-bond donors (Lipinski definition) is 0. The molecule has 0 radical (unpaired) electrons. The number of hydrogen-bond acceptors (Lipinski definition) is 3. The Labute approximate surface area is 104 Å². The summed E-state index contributed by atoms with van der Waals surface area (Å²) in [5.74, 6) is 0. The summed E-state index contributed by atoms with van der Waals surface area (Å²) in [4.78, 5) is 0. The Morgan fingerprint density at radius 1 is 0.857 bits per heavy atom. The van der Waals surface area contributed by atoms with Crippen LogP contribution in [0, 0.1) is 0 Å². The van der Waals surface area contributed by atoms with Crippen LogP contribution >= 0.6 is 39.0 Å². The van der Waals surface area contributed by atoms with E-state index in [4.69, 9.17) is 44.0 Å². The van der Waals surface area contributed by atoms with E-state index in [1.807, 2.05) is 20.8 Å². The van der Waals surface area contributed by atoms with Crippen molar-refractivity contribution >= 4 is 39.0 Å². The molecular formula is C6H15Cl3CoO3P. The molecule has 0 aliphatic heterocycles. The van der Waals surface area contributed by atoms with Gasteiger partial charge >= 0.3 is 50.0 Å². The number of halogens is 3. The van der Waals surface area contributed by atoms with Crippen LogP contribution in [0.15, 0.2) is 0 Å². The van der Waals surface area contributed by atoms with Crippen molar-refractivity contribution in [3.8, 4) is 0 Å². The van der Waals surface area contributed by atoms with Gasteiger partial charge in [0.1, 0.15) is 0 Å². The molecule has 0 spiro atoms. The second-order valence-electron chi connectivity index (χ2n) is 1.62.